The Hall–Kier alpha value is -2.14. The first-order valence-corrected chi connectivity index (χ1v) is 9.12. The van der Waals surface area contributed by atoms with Crippen molar-refractivity contribution in [3.63, 3.8) is 0 Å². The van der Waals surface area contributed by atoms with Gasteiger partial charge in [0.05, 0.1) is 4.90 Å². The molecular formula is C18H22O4S. The van der Waals surface area contributed by atoms with Crippen molar-refractivity contribution in [2.24, 2.45) is 0 Å². The van der Waals surface area contributed by atoms with Gasteiger partial charge in [-0.2, -0.15) is 0 Å². The highest BCUT2D eigenvalue weighted by Gasteiger charge is 2.13. The summed E-state index contributed by atoms with van der Waals surface area (Å²) in [5, 5.41) is 0. The van der Waals surface area contributed by atoms with E-state index in [0.29, 0.717) is 0 Å². The summed E-state index contributed by atoms with van der Waals surface area (Å²) in [6, 6.07) is 18.5. The second-order valence-electron chi connectivity index (χ2n) is 4.90. The van der Waals surface area contributed by atoms with E-state index in [-0.39, 0.29) is 11.4 Å². The summed E-state index contributed by atoms with van der Waals surface area (Å²) in [4.78, 5) is 9.95. The number of rotatable bonds is 7. The summed E-state index contributed by atoms with van der Waals surface area (Å²) in [5.41, 5.74) is 1.46. The van der Waals surface area contributed by atoms with Crippen LogP contribution in [0.2, 0.25) is 0 Å². The highest BCUT2D eigenvalue weighted by Crippen LogP contribution is 2.09. The first kappa shape index (κ1) is 18.9. The normalized spacial score (nSPS) is 10.3. The quantitative estimate of drug-likeness (QED) is 0.726. The lowest BCUT2D eigenvalue weighted by molar-refractivity contribution is -0.126. The zero-order valence-corrected chi connectivity index (χ0v) is 14.0. The number of benzene rings is 2. The third-order valence-electron chi connectivity index (χ3n) is 3.06. The van der Waals surface area contributed by atoms with Crippen LogP contribution in [0.1, 0.15) is 25.3 Å². The smallest absolute Gasteiger partial charge is 0.294 e. The molecule has 124 valence electrons. The fraction of sp³-hybridized carbons (Fsp3) is 0.278. The number of unbranched alkanes of at least 4 members (excludes halogenated alkanes) is 1. The van der Waals surface area contributed by atoms with Crippen molar-refractivity contribution in [2.75, 3.05) is 5.94 Å². The van der Waals surface area contributed by atoms with Gasteiger partial charge < -0.3 is 4.74 Å². The monoisotopic (exact) mass is 334 g/mol. The van der Waals surface area contributed by atoms with E-state index in [4.69, 9.17) is 0 Å². The molecule has 0 atom stereocenters. The Labute approximate surface area is 138 Å². The lowest BCUT2D eigenvalue weighted by Gasteiger charge is -2.01. The Balaban J connectivity index is 0.000000238. The number of aryl methyl sites for hydroxylation is 1. The molecule has 0 bridgehead atoms. The van der Waals surface area contributed by atoms with Crippen molar-refractivity contribution in [2.45, 2.75) is 31.1 Å². The molecule has 0 heterocycles. The first-order valence-electron chi connectivity index (χ1n) is 7.47. The molecule has 0 aliphatic rings. The Morgan fingerprint density at radius 2 is 1.52 bits per heavy atom. The average molecular weight is 334 g/mol. The lowest BCUT2D eigenvalue weighted by atomic mass is 10.1. The molecule has 0 fully saturated rings. The van der Waals surface area contributed by atoms with Gasteiger partial charge in [0.15, 0.2) is 5.94 Å². The molecule has 0 N–H and O–H groups in total. The molecule has 0 amide bonds. The van der Waals surface area contributed by atoms with Crippen molar-refractivity contribution < 1.29 is 17.9 Å². The van der Waals surface area contributed by atoms with Gasteiger partial charge >= 0.3 is 0 Å². The Morgan fingerprint density at radius 3 is 2.04 bits per heavy atom. The van der Waals surface area contributed by atoms with E-state index >= 15 is 0 Å². The van der Waals surface area contributed by atoms with Gasteiger partial charge in [0.1, 0.15) is 0 Å². The van der Waals surface area contributed by atoms with Crippen LogP contribution in [-0.2, 0) is 25.8 Å². The van der Waals surface area contributed by atoms with E-state index in [1.54, 1.807) is 18.2 Å². The zero-order valence-electron chi connectivity index (χ0n) is 13.2. The van der Waals surface area contributed by atoms with Gasteiger partial charge in [-0.3, -0.25) is 4.79 Å². The zero-order chi connectivity index (χ0) is 17.0. The highest BCUT2D eigenvalue weighted by molar-refractivity contribution is 7.91. The minimum Gasteiger partial charge on any atom is -0.451 e. The standard InChI is InChI=1S/C10H14.C8H8O4S/c1-2-3-7-10-8-5-4-6-9-10;9-6-12-7-13(10,11)8-4-2-1-3-5-8/h4-6,8-9H,2-3,7H2,1H3;1-6H,7H2. The summed E-state index contributed by atoms with van der Waals surface area (Å²) in [5.74, 6) is -0.611. The molecule has 0 aliphatic carbocycles. The molecule has 0 radical (unpaired) electrons. The van der Waals surface area contributed by atoms with Crippen molar-refractivity contribution in [3.05, 3.63) is 66.2 Å². The third kappa shape index (κ3) is 7.61. The van der Waals surface area contributed by atoms with Crippen LogP contribution in [-0.4, -0.2) is 20.8 Å². The Bertz CT molecular complexity index is 652. The lowest BCUT2D eigenvalue weighted by Crippen LogP contribution is -2.08. The van der Waals surface area contributed by atoms with Crippen molar-refractivity contribution in [3.8, 4) is 0 Å². The summed E-state index contributed by atoms with van der Waals surface area (Å²) in [6.07, 6.45) is 3.83. The van der Waals surface area contributed by atoms with Gasteiger partial charge in [-0.1, -0.05) is 61.9 Å². The number of hydrogen-bond acceptors (Lipinski definition) is 4. The first-order chi connectivity index (χ1) is 11.1. The third-order valence-corrected chi connectivity index (χ3v) is 4.49. The van der Waals surface area contributed by atoms with Crippen LogP contribution in [0, 0.1) is 0 Å². The maximum atomic E-state index is 11.3. The van der Waals surface area contributed by atoms with E-state index in [2.05, 4.69) is 42.0 Å². The topological polar surface area (TPSA) is 60.4 Å². The maximum absolute atomic E-state index is 11.3. The molecule has 0 aliphatic heterocycles. The van der Waals surface area contributed by atoms with Gasteiger partial charge in [0, 0.05) is 0 Å². The molecule has 2 aromatic rings. The molecule has 4 nitrogen and oxygen atoms in total. The molecule has 0 saturated carbocycles. The maximum Gasteiger partial charge on any atom is 0.294 e. The predicted octanol–water partition coefficient (Wildman–Crippen LogP) is 3.62. The van der Waals surface area contributed by atoms with Gasteiger partial charge in [0.2, 0.25) is 9.84 Å². The van der Waals surface area contributed by atoms with Gasteiger partial charge in [-0.25, -0.2) is 8.42 Å². The van der Waals surface area contributed by atoms with E-state index in [9.17, 15) is 13.2 Å². The van der Waals surface area contributed by atoms with Crippen LogP contribution in [0.25, 0.3) is 0 Å². The number of hydrogen-bond donors (Lipinski definition) is 0. The van der Waals surface area contributed by atoms with Gasteiger partial charge in [0.25, 0.3) is 6.47 Å². The number of sulfone groups is 1. The molecule has 0 spiro atoms. The van der Waals surface area contributed by atoms with Crippen LogP contribution < -0.4 is 0 Å². The van der Waals surface area contributed by atoms with Crippen LogP contribution in [0.5, 0.6) is 0 Å². The van der Waals surface area contributed by atoms with Crippen LogP contribution >= 0.6 is 0 Å². The van der Waals surface area contributed by atoms with Crippen LogP contribution in [0.4, 0.5) is 0 Å². The number of carbonyl (C=O) groups excluding carboxylic acids is 1. The molecule has 0 aromatic heterocycles. The van der Waals surface area contributed by atoms with Gasteiger partial charge in [-0.15, -0.1) is 0 Å². The van der Waals surface area contributed by atoms with E-state index in [0.717, 1.165) is 0 Å². The summed E-state index contributed by atoms with van der Waals surface area (Å²) in [6.45, 7) is 2.34. The summed E-state index contributed by atoms with van der Waals surface area (Å²) in [7, 11) is -3.48. The van der Waals surface area contributed by atoms with Crippen molar-refractivity contribution >= 4 is 16.3 Å². The minimum atomic E-state index is -3.48. The van der Waals surface area contributed by atoms with Crippen molar-refractivity contribution in [1.29, 1.82) is 0 Å². The van der Waals surface area contributed by atoms with E-state index in [1.165, 1.54) is 37.0 Å². The average Bonchev–Trinajstić information content (AvgIpc) is 2.60. The molecule has 23 heavy (non-hydrogen) atoms. The van der Waals surface area contributed by atoms with Crippen LogP contribution in [0.15, 0.2) is 65.6 Å². The molecule has 2 rings (SSSR count). The molecule has 2 aromatic carbocycles. The van der Waals surface area contributed by atoms with Crippen LogP contribution in [0.3, 0.4) is 0 Å². The van der Waals surface area contributed by atoms with E-state index in [1.807, 2.05) is 0 Å². The fourth-order valence-electron chi connectivity index (χ4n) is 1.84. The summed E-state index contributed by atoms with van der Waals surface area (Å²) >= 11 is 0. The number of ether oxygens (including phenoxy) is 1. The minimum absolute atomic E-state index is 0.112. The second kappa shape index (κ2) is 10.6. The molecule has 5 heteroatoms. The Kier molecular flexibility index (Phi) is 8.68. The SMILES string of the molecule is CCCCc1ccccc1.O=COCS(=O)(=O)c1ccccc1. The summed E-state index contributed by atoms with van der Waals surface area (Å²) < 4.78 is 26.8. The molecule has 0 saturated heterocycles. The number of carbonyl (C=O) groups is 1. The van der Waals surface area contributed by atoms with Gasteiger partial charge in [-0.05, 0) is 30.5 Å². The molecular weight excluding hydrogens is 312 g/mol. The molecule has 0 unspecified atom stereocenters. The Morgan fingerprint density at radius 1 is 0.957 bits per heavy atom. The predicted molar refractivity (Wildman–Crippen MR) is 90.7 cm³/mol. The van der Waals surface area contributed by atoms with Crippen molar-refractivity contribution in [1.82, 2.24) is 0 Å². The largest absolute Gasteiger partial charge is 0.451 e. The highest BCUT2D eigenvalue weighted by atomic mass is 32.2. The fourth-order valence-corrected chi connectivity index (χ4v) is 2.78. The second-order valence-corrected chi connectivity index (χ2v) is 6.83. The van der Waals surface area contributed by atoms with E-state index < -0.39 is 15.8 Å².